The van der Waals surface area contributed by atoms with Gasteiger partial charge >= 0.3 is 0 Å². The first-order valence-electron chi connectivity index (χ1n) is 6.09. The fraction of sp³-hybridized carbons (Fsp3) is 1.00. The van der Waals surface area contributed by atoms with Crippen LogP contribution in [0, 0.1) is 5.92 Å². The van der Waals surface area contributed by atoms with E-state index in [1.54, 1.807) is 0 Å². The van der Waals surface area contributed by atoms with Crippen LogP contribution in [0.4, 0.5) is 0 Å². The summed E-state index contributed by atoms with van der Waals surface area (Å²) in [5, 5.41) is 0.941. The molecule has 1 nitrogen and oxygen atoms in total. The smallest absolute Gasteiger partial charge is 0.00472 e. The molecule has 0 saturated heterocycles. The molecule has 2 N–H and O–H groups in total. The van der Waals surface area contributed by atoms with Gasteiger partial charge in [0.1, 0.15) is 0 Å². The van der Waals surface area contributed by atoms with Crippen molar-refractivity contribution in [3.63, 3.8) is 0 Å². The van der Waals surface area contributed by atoms with Crippen LogP contribution in [0.1, 0.15) is 52.4 Å². The Kier molecular flexibility index (Phi) is 5.95. The maximum Gasteiger partial charge on any atom is 0.00472 e. The van der Waals surface area contributed by atoms with E-state index < -0.39 is 0 Å². The van der Waals surface area contributed by atoms with E-state index in [9.17, 15) is 0 Å². The summed E-state index contributed by atoms with van der Waals surface area (Å²) in [6.07, 6.45) is 8.39. The van der Waals surface area contributed by atoms with Crippen LogP contribution in [0.2, 0.25) is 0 Å². The fourth-order valence-electron chi connectivity index (χ4n) is 2.13. The topological polar surface area (TPSA) is 26.0 Å². The third kappa shape index (κ3) is 4.70. The molecule has 0 aromatic heterocycles. The monoisotopic (exact) mass is 215 g/mol. The molecule has 0 aromatic carbocycles. The van der Waals surface area contributed by atoms with Gasteiger partial charge in [0.15, 0.2) is 0 Å². The molecule has 1 saturated carbocycles. The van der Waals surface area contributed by atoms with E-state index in [0.29, 0.717) is 6.04 Å². The second-order valence-corrected chi connectivity index (χ2v) is 6.10. The van der Waals surface area contributed by atoms with Gasteiger partial charge in [0.05, 0.1) is 0 Å². The lowest BCUT2D eigenvalue weighted by molar-refractivity contribution is 0.356. The second kappa shape index (κ2) is 6.73. The molecule has 0 heterocycles. The summed E-state index contributed by atoms with van der Waals surface area (Å²) in [4.78, 5) is 0. The molecule has 0 radical (unpaired) electrons. The van der Waals surface area contributed by atoms with Crippen LogP contribution in [0.5, 0.6) is 0 Å². The van der Waals surface area contributed by atoms with Gasteiger partial charge in [0.25, 0.3) is 0 Å². The van der Waals surface area contributed by atoms with Gasteiger partial charge in [-0.2, -0.15) is 11.8 Å². The third-order valence-electron chi connectivity index (χ3n) is 3.30. The molecular formula is C12H25NS. The Balaban J connectivity index is 2.04. The van der Waals surface area contributed by atoms with E-state index in [0.717, 1.165) is 11.2 Å². The lowest BCUT2D eigenvalue weighted by Gasteiger charge is -2.27. The van der Waals surface area contributed by atoms with Gasteiger partial charge in [-0.3, -0.25) is 0 Å². The van der Waals surface area contributed by atoms with Crippen LogP contribution in [-0.2, 0) is 0 Å². The normalized spacial score (nSPS) is 30.2. The van der Waals surface area contributed by atoms with Crippen LogP contribution in [0.3, 0.4) is 0 Å². The third-order valence-corrected chi connectivity index (χ3v) is 4.71. The van der Waals surface area contributed by atoms with Crippen molar-refractivity contribution in [3.05, 3.63) is 0 Å². The zero-order valence-corrected chi connectivity index (χ0v) is 10.5. The average molecular weight is 215 g/mol. The number of rotatable bonds is 5. The lowest BCUT2D eigenvalue weighted by Crippen LogP contribution is -2.19. The molecule has 1 fully saturated rings. The van der Waals surface area contributed by atoms with E-state index in [4.69, 9.17) is 5.73 Å². The molecule has 1 rings (SSSR count). The van der Waals surface area contributed by atoms with Crippen LogP contribution in [0.15, 0.2) is 0 Å². The summed E-state index contributed by atoms with van der Waals surface area (Å²) in [5.74, 6) is 2.29. The standard InChI is InChI=1S/C12H25NS/c1-3-11-4-6-12(7-5-11)14-9-8-10(2)13/h10-12H,3-9,13H2,1-2H3. The van der Waals surface area contributed by atoms with Crippen LogP contribution < -0.4 is 5.73 Å². The van der Waals surface area contributed by atoms with Gasteiger partial charge in [0.2, 0.25) is 0 Å². The summed E-state index contributed by atoms with van der Waals surface area (Å²) >= 11 is 2.16. The Morgan fingerprint density at radius 3 is 2.43 bits per heavy atom. The van der Waals surface area contributed by atoms with Crippen molar-refractivity contribution in [2.75, 3.05) is 5.75 Å². The van der Waals surface area contributed by atoms with E-state index in [-0.39, 0.29) is 0 Å². The summed E-state index contributed by atoms with van der Waals surface area (Å²) in [6.45, 7) is 4.43. The van der Waals surface area contributed by atoms with E-state index in [2.05, 4.69) is 25.6 Å². The molecule has 0 amide bonds. The molecule has 14 heavy (non-hydrogen) atoms. The molecule has 1 aliphatic rings. The van der Waals surface area contributed by atoms with E-state index in [1.165, 1.54) is 44.3 Å². The Morgan fingerprint density at radius 1 is 1.29 bits per heavy atom. The Labute approximate surface area is 93.2 Å². The van der Waals surface area contributed by atoms with Crippen molar-refractivity contribution in [1.29, 1.82) is 0 Å². The molecule has 2 heteroatoms. The number of nitrogens with two attached hydrogens (primary N) is 1. The molecule has 0 aliphatic heterocycles. The summed E-state index contributed by atoms with van der Waals surface area (Å²) in [6, 6.07) is 0.384. The molecule has 1 aliphatic carbocycles. The largest absolute Gasteiger partial charge is 0.328 e. The van der Waals surface area contributed by atoms with E-state index >= 15 is 0 Å². The summed E-state index contributed by atoms with van der Waals surface area (Å²) < 4.78 is 0. The maximum absolute atomic E-state index is 5.74. The second-order valence-electron chi connectivity index (χ2n) is 4.69. The first kappa shape index (κ1) is 12.4. The van der Waals surface area contributed by atoms with Crippen molar-refractivity contribution < 1.29 is 0 Å². The molecule has 0 spiro atoms. The maximum atomic E-state index is 5.74. The molecule has 0 aromatic rings. The van der Waals surface area contributed by atoms with E-state index in [1.807, 2.05) is 0 Å². The van der Waals surface area contributed by atoms with Gasteiger partial charge in [-0.15, -0.1) is 0 Å². The highest BCUT2D eigenvalue weighted by Crippen LogP contribution is 2.33. The van der Waals surface area contributed by atoms with Gasteiger partial charge in [-0.1, -0.05) is 13.3 Å². The van der Waals surface area contributed by atoms with Crippen LogP contribution >= 0.6 is 11.8 Å². The number of hydrogen-bond donors (Lipinski definition) is 1. The minimum atomic E-state index is 0.384. The van der Waals surface area contributed by atoms with Gasteiger partial charge in [0, 0.05) is 11.3 Å². The molecule has 84 valence electrons. The highest BCUT2D eigenvalue weighted by atomic mass is 32.2. The Bertz CT molecular complexity index is 139. The minimum absolute atomic E-state index is 0.384. The quantitative estimate of drug-likeness (QED) is 0.760. The highest BCUT2D eigenvalue weighted by Gasteiger charge is 2.19. The fourth-order valence-corrected chi connectivity index (χ4v) is 3.57. The number of hydrogen-bond acceptors (Lipinski definition) is 2. The van der Waals surface area contributed by atoms with Crippen LogP contribution in [0.25, 0.3) is 0 Å². The zero-order valence-electron chi connectivity index (χ0n) is 9.67. The number of thioether (sulfide) groups is 1. The zero-order chi connectivity index (χ0) is 10.4. The van der Waals surface area contributed by atoms with Gasteiger partial charge in [-0.05, 0) is 50.7 Å². The predicted octanol–water partition coefficient (Wildman–Crippen LogP) is 3.43. The van der Waals surface area contributed by atoms with Crippen molar-refractivity contribution in [3.8, 4) is 0 Å². The first-order valence-corrected chi connectivity index (χ1v) is 7.14. The average Bonchev–Trinajstić information content (AvgIpc) is 2.18. The van der Waals surface area contributed by atoms with Crippen molar-refractivity contribution in [2.45, 2.75) is 63.7 Å². The Hall–Kier alpha value is 0.310. The Morgan fingerprint density at radius 2 is 1.93 bits per heavy atom. The first-order chi connectivity index (χ1) is 6.72. The van der Waals surface area contributed by atoms with Gasteiger partial charge in [-0.25, -0.2) is 0 Å². The van der Waals surface area contributed by atoms with Gasteiger partial charge < -0.3 is 5.73 Å². The van der Waals surface area contributed by atoms with Crippen molar-refractivity contribution in [1.82, 2.24) is 0 Å². The molecule has 0 bridgehead atoms. The van der Waals surface area contributed by atoms with Crippen LogP contribution in [-0.4, -0.2) is 17.0 Å². The summed E-state index contributed by atoms with van der Waals surface area (Å²) in [5.41, 5.74) is 5.74. The summed E-state index contributed by atoms with van der Waals surface area (Å²) in [7, 11) is 0. The van der Waals surface area contributed by atoms with Crippen molar-refractivity contribution in [2.24, 2.45) is 11.7 Å². The molecular weight excluding hydrogens is 190 g/mol. The van der Waals surface area contributed by atoms with Crippen molar-refractivity contribution >= 4 is 11.8 Å². The highest BCUT2D eigenvalue weighted by molar-refractivity contribution is 7.99. The minimum Gasteiger partial charge on any atom is -0.328 e. The molecule has 1 atom stereocenters. The molecule has 1 unspecified atom stereocenters. The SMILES string of the molecule is CCC1CCC(SCCC(C)N)CC1. The lowest BCUT2D eigenvalue weighted by atomic mass is 9.87. The predicted molar refractivity (Wildman–Crippen MR) is 66.8 cm³/mol.